The Morgan fingerprint density at radius 3 is 2.42 bits per heavy atom. The van der Waals surface area contributed by atoms with Gasteiger partial charge in [-0.1, -0.05) is 35.5 Å². The van der Waals surface area contributed by atoms with Crippen molar-refractivity contribution in [2.45, 2.75) is 19.4 Å². The fraction of sp³-hybridized carbons (Fsp3) is 0.571. The van der Waals surface area contributed by atoms with E-state index < -0.39 is 0 Å². The van der Waals surface area contributed by atoms with E-state index in [9.17, 15) is 4.79 Å². The lowest BCUT2D eigenvalue weighted by Crippen LogP contribution is -2.49. The zero-order valence-corrected chi connectivity index (χ0v) is 19.5. The zero-order chi connectivity index (χ0) is 20.1. The number of halogens is 2. The van der Waals surface area contributed by atoms with Crippen molar-refractivity contribution in [2.75, 3.05) is 58.9 Å². The number of carbonyl (C=O) groups is 1. The maximum Gasteiger partial charge on any atom is 0.244 e. The Balaban J connectivity index is 0.00000171. The Kier molecular flexibility index (Phi) is 10.2. The highest BCUT2D eigenvalue weighted by Crippen LogP contribution is 2.23. The third kappa shape index (κ3) is 6.63. The maximum atomic E-state index is 12.4. The topological polar surface area (TPSA) is 77.7 Å². The molecule has 1 aromatic heterocycles. The van der Waals surface area contributed by atoms with Crippen molar-refractivity contribution in [3.63, 3.8) is 0 Å². The molecule has 4 rings (SSSR count). The monoisotopic (exact) mass is 470 g/mol. The molecular formula is C21H32Cl2N6O2. The van der Waals surface area contributed by atoms with Gasteiger partial charge < -0.3 is 19.6 Å². The van der Waals surface area contributed by atoms with Gasteiger partial charge in [0.05, 0.1) is 6.04 Å². The van der Waals surface area contributed by atoms with E-state index in [2.05, 4.69) is 32.2 Å². The summed E-state index contributed by atoms with van der Waals surface area (Å²) < 4.78 is 5.54. The minimum Gasteiger partial charge on any atom is -0.340 e. The summed E-state index contributed by atoms with van der Waals surface area (Å²) in [5.74, 6) is 1.57. The van der Waals surface area contributed by atoms with Crippen LogP contribution >= 0.6 is 24.8 Å². The highest BCUT2D eigenvalue weighted by molar-refractivity contribution is 5.85. The maximum absolute atomic E-state index is 12.4. The summed E-state index contributed by atoms with van der Waals surface area (Å²) >= 11 is 0. The first kappa shape index (κ1) is 25.5. The van der Waals surface area contributed by atoms with E-state index in [1.807, 2.05) is 35.2 Å². The average molecular weight is 471 g/mol. The molecule has 0 spiro atoms. The molecule has 1 N–H and O–H groups in total. The minimum atomic E-state index is 0. The van der Waals surface area contributed by atoms with Crippen LogP contribution in [0.1, 0.15) is 25.3 Å². The summed E-state index contributed by atoms with van der Waals surface area (Å²) in [5, 5.41) is 7.43. The van der Waals surface area contributed by atoms with Gasteiger partial charge in [0.15, 0.2) is 0 Å². The van der Waals surface area contributed by atoms with Crippen molar-refractivity contribution >= 4 is 30.7 Å². The number of carbonyl (C=O) groups excluding carboxylic acids is 1. The van der Waals surface area contributed by atoms with Crippen LogP contribution in [0.5, 0.6) is 0 Å². The molecule has 8 nitrogen and oxygen atoms in total. The molecule has 1 aromatic carbocycles. The van der Waals surface area contributed by atoms with Gasteiger partial charge in [-0.05, 0) is 6.92 Å². The van der Waals surface area contributed by atoms with E-state index in [0.29, 0.717) is 18.1 Å². The van der Waals surface area contributed by atoms with E-state index in [4.69, 9.17) is 4.52 Å². The first-order valence-electron chi connectivity index (χ1n) is 10.5. The van der Waals surface area contributed by atoms with Gasteiger partial charge >= 0.3 is 0 Å². The number of benzene rings is 1. The van der Waals surface area contributed by atoms with E-state index >= 15 is 0 Å². The lowest BCUT2D eigenvalue weighted by atomic mass is 10.2. The van der Waals surface area contributed by atoms with Crippen LogP contribution in [0.2, 0.25) is 0 Å². The molecule has 1 amide bonds. The number of rotatable bonds is 6. The van der Waals surface area contributed by atoms with Crippen molar-refractivity contribution in [2.24, 2.45) is 0 Å². The lowest BCUT2D eigenvalue weighted by molar-refractivity contribution is -0.132. The van der Waals surface area contributed by atoms with Crippen LogP contribution < -0.4 is 5.32 Å². The standard InChI is InChI=1S/C21H30N6O2.2ClH/c1-17(21-23-20(24-29-21)18-5-3-2-4-6-18)26-15-13-25(14-16-26)10-7-19(28)27-11-8-22-9-12-27;;/h2-6,17,22H,7-16H2,1H3;2*1H. The fourth-order valence-electron chi connectivity index (χ4n) is 3.97. The third-order valence-corrected chi connectivity index (χ3v) is 5.90. The number of nitrogens with one attached hydrogen (secondary N) is 1. The van der Waals surface area contributed by atoms with Gasteiger partial charge in [-0.15, -0.1) is 24.8 Å². The zero-order valence-electron chi connectivity index (χ0n) is 17.9. The molecule has 1 unspecified atom stereocenters. The van der Waals surface area contributed by atoms with Gasteiger partial charge in [-0.3, -0.25) is 9.69 Å². The first-order valence-corrected chi connectivity index (χ1v) is 10.5. The van der Waals surface area contributed by atoms with Crippen molar-refractivity contribution in [1.29, 1.82) is 0 Å². The Morgan fingerprint density at radius 2 is 1.74 bits per heavy atom. The summed E-state index contributed by atoms with van der Waals surface area (Å²) in [6.07, 6.45) is 0.611. The van der Waals surface area contributed by atoms with E-state index in [1.165, 1.54) is 0 Å². The lowest BCUT2D eigenvalue weighted by Gasteiger charge is -2.37. The normalized spacial score (nSPS) is 18.7. The van der Waals surface area contributed by atoms with Crippen molar-refractivity contribution in [3.05, 3.63) is 36.2 Å². The third-order valence-electron chi connectivity index (χ3n) is 5.90. The van der Waals surface area contributed by atoms with Crippen LogP contribution in [0.4, 0.5) is 0 Å². The quantitative estimate of drug-likeness (QED) is 0.691. The largest absolute Gasteiger partial charge is 0.340 e. The second-order valence-electron chi connectivity index (χ2n) is 7.76. The fourth-order valence-corrected chi connectivity index (χ4v) is 3.97. The van der Waals surface area contributed by atoms with E-state index in [1.54, 1.807) is 0 Å². The average Bonchev–Trinajstić information content (AvgIpc) is 3.29. The number of amides is 1. The van der Waals surface area contributed by atoms with Gasteiger partial charge in [0, 0.05) is 70.9 Å². The molecular weight excluding hydrogens is 439 g/mol. The molecule has 0 bridgehead atoms. The summed E-state index contributed by atoms with van der Waals surface area (Å²) in [4.78, 5) is 23.7. The second kappa shape index (κ2) is 12.4. The number of aromatic nitrogens is 2. The van der Waals surface area contributed by atoms with Gasteiger partial charge in [0.1, 0.15) is 0 Å². The van der Waals surface area contributed by atoms with Crippen LogP contribution in [-0.4, -0.2) is 89.7 Å². The Hall–Kier alpha value is -1.71. The smallest absolute Gasteiger partial charge is 0.244 e. The van der Waals surface area contributed by atoms with Gasteiger partial charge in [0.25, 0.3) is 0 Å². The minimum absolute atomic E-state index is 0. The van der Waals surface area contributed by atoms with Gasteiger partial charge in [-0.25, -0.2) is 0 Å². The molecule has 2 aliphatic heterocycles. The molecule has 2 aliphatic rings. The predicted octanol–water partition coefficient (Wildman–Crippen LogP) is 2.08. The van der Waals surface area contributed by atoms with Crippen LogP contribution in [0.3, 0.4) is 0 Å². The number of hydrogen-bond acceptors (Lipinski definition) is 7. The Morgan fingerprint density at radius 1 is 1.06 bits per heavy atom. The van der Waals surface area contributed by atoms with Crippen LogP contribution in [-0.2, 0) is 4.79 Å². The van der Waals surface area contributed by atoms with Crippen LogP contribution in [0.25, 0.3) is 11.4 Å². The molecule has 0 saturated carbocycles. The van der Waals surface area contributed by atoms with Crippen molar-refractivity contribution in [1.82, 2.24) is 30.2 Å². The highest BCUT2D eigenvalue weighted by Gasteiger charge is 2.26. The summed E-state index contributed by atoms with van der Waals surface area (Å²) in [6, 6.07) is 9.98. The summed E-state index contributed by atoms with van der Waals surface area (Å²) in [6.45, 7) is 10.2. The predicted molar refractivity (Wildman–Crippen MR) is 125 cm³/mol. The molecule has 2 saturated heterocycles. The molecule has 172 valence electrons. The number of piperazine rings is 2. The SMILES string of the molecule is CC(c1nc(-c2ccccc2)no1)N1CCN(CCC(=O)N2CCNCC2)CC1.Cl.Cl. The molecule has 2 aromatic rings. The summed E-state index contributed by atoms with van der Waals surface area (Å²) in [7, 11) is 0. The van der Waals surface area contributed by atoms with Gasteiger partial charge in [-0.2, -0.15) is 4.98 Å². The molecule has 0 aliphatic carbocycles. The molecule has 2 fully saturated rings. The molecule has 3 heterocycles. The van der Waals surface area contributed by atoms with Crippen LogP contribution in [0.15, 0.2) is 34.9 Å². The van der Waals surface area contributed by atoms with Gasteiger partial charge in [0.2, 0.25) is 17.6 Å². The number of hydrogen-bond donors (Lipinski definition) is 1. The van der Waals surface area contributed by atoms with E-state index in [0.717, 1.165) is 64.5 Å². The number of nitrogens with zero attached hydrogens (tertiary/aromatic N) is 5. The molecule has 0 radical (unpaired) electrons. The van der Waals surface area contributed by atoms with Crippen molar-refractivity contribution < 1.29 is 9.32 Å². The summed E-state index contributed by atoms with van der Waals surface area (Å²) in [5.41, 5.74) is 0.966. The molecule has 31 heavy (non-hydrogen) atoms. The molecule has 10 heteroatoms. The Bertz CT molecular complexity index is 792. The molecule has 1 atom stereocenters. The first-order chi connectivity index (χ1) is 14.2. The van der Waals surface area contributed by atoms with Crippen LogP contribution in [0, 0.1) is 0 Å². The van der Waals surface area contributed by atoms with Crippen molar-refractivity contribution in [3.8, 4) is 11.4 Å². The van der Waals surface area contributed by atoms with E-state index in [-0.39, 0.29) is 36.8 Å². The second-order valence-corrected chi connectivity index (χ2v) is 7.76. The Labute approximate surface area is 196 Å². The highest BCUT2D eigenvalue weighted by atomic mass is 35.5.